The average Bonchev–Trinajstić information content (AvgIpc) is 2.89. The standard InChI is InChI=1S/C28H32O6/c1-30-28-27(33-19-23-15-9-4-10-16-23)26(32-18-22-13-7-3-8-14-22)25(29)24(34-28)20-31-17-21-11-5-2-6-12-21/h2-16,24-29H,17-20H2,1H3/t24?,25-,26-,27?,28+/m0/s1. The summed E-state index contributed by atoms with van der Waals surface area (Å²) < 4.78 is 30.0. The Labute approximate surface area is 201 Å². The number of aliphatic hydroxyl groups is 1. The van der Waals surface area contributed by atoms with Gasteiger partial charge in [-0.15, -0.1) is 0 Å². The zero-order chi connectivity index (χ0) is 23.6. The first-order valence-corrected chi connectivity index (χ1v) is 11.5. The van der Waals surface area contributed by atoms with Crippen molar-refractivity contribution in [2.75, 3.05) is 13.7 Å². The fourth-order valence-corrected chi connectivity index (χ4v) is 3.99. The first-order valence-electron chi connectivity index (χ1n) is 11.5. The fourth-order valence-electron chi connectivity index (χ4n) is 3.99. The van der Waals surface area contributed by atoms with Crippen molar-refractivity contribution in [3.63, 3.8) is 0 Å². The molecular weight excluding hydrogens is 432 g/mol. The highest BCUT2D eigenvalue weighted by Gasteiger charge is 2.47. The molecule has 6 nitrogen and oxygen atoms in total. The van der Waals surface area contributed by atoms with Crippen LogP contribution in [0.4, 0.5) is 0 Å². The summed E-state index contributed by atoms with van der Waals surface area (Å²) in [6.07, 6.45) is -3.56. The van der Waals surface area contributed by atoms with Crippen molar-refractivity contribution in [2.24, 2.45) is 0 Å². The van der Waals surface area contributed by atoms with Crippen molar-refractivity contribution in [2.45, 2.75) is 50.5 Å². The van der Waals surface area contributed by atoms with Crippen LogP contribution in [0.15, 0.2) is 91.0 Å². The Morgan fingerprint density at radius 1 is 0.676 bits per heavy atom. The second kappa shape index (κ2) is 12.8. The van der Waals surface area contributed by atoms with Gasteiger partial charge in [0.25, 0.3) is 0 Å². The SMILES string of the molecule is CO[C@@H]1OC(COCc2ccccc2)[C@H](O)[C@H](OCc2ccccc2)C1OCc1ccccc1. The van der Waals surface area contributed by atoms with E-state index in [1.807, 2.05) is 91.0 Å². The highest BCUT2D eigenvalue weighted by molar-refractivity contribution is 5.15. The maximum Gasteiger partial charge on any atom is 0.186 e. The van der Waals surface area contributed by atoms with Crippen LogP contribution in [-0.2, 0) is 43.5 Å². The van der Waals surface area contributed by atoms with Gasteiger partial charge in [-0.25, -0.2) is 0 Å². The summed E-state index contributed by atoms with van der Waals surface area (Å²) in [5, 5.41) is 11.2. The first kappa shape index (κ1) is 24.5. The average molecular weight is 465 g/mol. The molecule has 6 heteroatoms. The maximum atomic E-state index is 11.2. The summed E-state index contributed by atoms with van der Waals surface area (Å²) in [5.41, 5.74) is 3.08. The van der Waals surface area contributed by atoms with Crippen LogP contribution in [0.1, 0.15) is 16.7 Å². The van der Waals surface area contributed by atoms with Crippen LogP contribution in [0.2, 0.25) is 0 Å². The molecule has 0 aliphatic carbocycles. The van der Waals surface area contributed by atoms with Crippen LogP contribution < -0.4 is 0 Å². The van der Waals surface area contributed by atoms with Gasteiger partial charge in [-0.1, -0.05) is 91.0 Å². The predicted octanol–water partition coefficient (Wildman–Crippen LogP) is 4.11. The topological polar surface area (TPSA) is 66.4 Å². The molecule has 1 fully saturated rings. The molecule has 180 valence electrons. The maximum absolute atomic E-state index is 11.2. The Hall–Kier alpha value is -2.58. The summed E-state index contributed by atoms with van der Waals surface area (Å²) >= 11 is 0. The van der Waals surface area contributed by atoms with Gasteiger partial charge in [-0.3, -0.25) is 0 Å². The van der Waals surface area contributed by atoms with Gasteiger partial charge in [0.05, 0.1) is 26.4 Å². The molecule has 0 saturated carbocycles. The van der Waals surface area contributed by atoms with Crippen LogP contribution >= 0.6 is 0 Å². The minimum absolute atomic E-state index is 0.201. The quantitative estimate of drug-likeness (QED) is 0.461. The van der Waals surface area contributed by atoms with Gasteiger partial charge in [-0.05, 0) is 16.7 Å². The van der Waals surface area contributed by atoms with E-state index in [0.29, 0.717) is 19.8 Å². The van der Waals surface area contributed by atoms with Crippen LogP contribution in [0.25, 0.3) is 0 Å². The van der Waals surface area contributed by atoms with E-state index in [9.17, 15) is 5.11 Å². The monoisotopic (exact) mass is 464 g/mol. The van der Waals surface area contributed by atoms with E-state index < -0.39 is 30.7 Å². The molecule has 0 amide bonds. The van der Waals surface area contributed by atoms with E-state index in [-0.39, 0.29) is 6.61 Å². The molecule has 1 aliphatic rings. The third-order valence-corrected chi connectivity index (χ3v) is 5.82. The molecule has 0 aromatic heterocycles. The Kier molecular flexibility index (Phi) is 9.21. The zero-order valence-electron chi connectivity index (χ0n) is 19.4. The number of rotatable bonds is 11. The fraction of sp³-hybridized carbons (Fsp3) is 0.357. The first-order chi connectivity index (χ1) is 16.7. The second-order valence-corrected chi connectivity index (χ2v) is 8.29. The number of methoxy groups -OCH3 is 1. The Morgan fingerprint density at radius 3 is 1.65 bits per heavy atom. The zero-order valence-corrected chi connectivity index (χ0v) is 19.4. The van der Waals surface area contributed by atoms with Gasteiger partial charge in [0.2, 0.25) is 0 Å². The number of ether oxygens (including phenoxy) is 5. The van der Waals surface area contributed by atoms with Crippen molar-refractivity contribution in [3.05, 3.63) is 108 Å². The minimum Gasteiger partial charge on any atom is -0.387 e. The Balaban J connectivity index is 1.44. The smallest absolute Gasteiger partial charge is 0.186 e. The number of hydrogen-bond acceptors (Lipinski definition) is 6. The van der Waals surface area contributed by atoms with E-state index in [2.05, 4.69) is 0 Å². The van der Waals surface area contributed by atoms with E-state index in [1.54, 1.807) is 7.11 Å². The highest BCUT2D eigenvalue weighted by Crippen LogP contribution is 2.28. The largest absolute Gasteiger partial charge is 0.387 e. The highest BCUT2D eigenvalue weighted by atomic mass is 16.7. The molecule has 0 radical (unpaired) electrons. The number of benzene rings is 3. The molecular formula is C28H32O6. The van der Waals surface area contributed by atoms with Crippen molar-refractivity contribution >= 4 is 0 Å². The minimum atomic E-state index is -0.952. The van der Waals surface area contributed by atoms with Gasteiger partial charge in [0.15, 0.2) is 6.29 Å². The lowest BCUT2D eigenvalue weighted by molar-refractivity contribution is -0.315. The van der Waals surface area contributed by atoms with Crippen molar-refractivity contribution in [1.82, 2.24) is 0 Å². The van der Waals surface area contributed by atoms with Crippen molar-refractivity contribution in [1.29, 1.82) is 0 Å². The summed E-state index contributed by atoms with van der Waals surface area (Å²) in [6.45, 7) is 1.31. The van der Waals surface area contributed by atoms with Gasteiger partial charge >= 0.3 is 0 Å². The number of hydrogen-bond donors (Lipinski definition) is 1. The summed E-state index contributed by atoms with van der Waals surface area (Å²) in [6, 6.07) is 29.6. The molecule has 3 aromatic carbocycles. The molecule has 1 aliphatic heterocycles. The summed E-state index contributed by atoms with van der Waals surface area (Å²) in [5.74, 6) is 0. The van der Waals surface area contributed by atoms with E-state index >= 15 is 0 Å². The van der Waals surface area contributed by atoms with E-state index in [4.69, 9.17) is 23.7 Å². The lowest BCUT2D eigenvalue weighted by Crippen LogP contribution is -2.60. The molecule has 1 saturated heterocycles. The third kappa shape index (κ3) is 6.73. The third-order valence-electron chi connectivity index (χ3n) is 5.82. The summed E-state index contributed by atoms with van der Waals surface area (Å²) in [4.78, 5) is 0. The van der Waals surface area contributed by atoms with Gasteiger partial charge in [0.1, 0.15) is 24.4 Å². The molecule has 3 aromatic rings. The van der Waals surface area contributed by atoms with E-state index in [1.165, 1.54) is 0 Å². The number of aliphatic hydroxyl groups excluding tert-OH is 1. The van der Waals surface area contributed by atoms with Crippen molar-refractivity contribution in [3.8, 4) is 0 Å². The van der Waals surface area contributed by atoms with Crippen LogP contribution in [0.3, 0.4) is 0 Å². The van der Waals surface area contributed by atoms with Crippen LogP contribution in [0, 0.1) is 0 Å². The second-order valence-electron chi connectivity index (χ2n) is 8.29. The molecule has 34 heavy (non-hydrogen) atoms. The molecule has 1 N–H and O–H groups in total. The lowest BCUT2D eigenvalue weighted by Gasteiger charge is -2.43. The summed E-state index contributed by atoms with van der Waals surface area (Å²) in [7, 11) is 1.57. The predicted molar refractivity (Wildman–Crippen MR) is 128 cm³/mol. The van der Waals surface area contributed by atoms with Crippen LogP contribution in [0.5, 0.6) is 0 Å². The molecule has 0 spiro atoms. The van der Waals surface area contributed by atoms with Crippen LogP contribution in [-0.4, -0.2) is 49.5 Å². The van der Waals surface area contributed by atoms with E-state index in [0.717, 1.165) is 16.7 Å². The Morgan fingerprint density at radius 2 is 1.15 bits per heavy atom. The molecule has 0 bridgehead atoms. The van der Waals surface area contributed by atoms with Gasteiger partial charge in [0, 0.05) is 7.11 Å². The normalized spacial score (nSPS) is 24.7. The van der Waals surface area contributed by atoms with Gasteiger partial charge < -0.3 is 28.8 Å². The molecule has 2 unspecified atom stereocenters. The van der Waals surface area contributed by atoms with Gasteiger partial charge in [-0.2, -0.15) is 0 Å². The Bertz CT molecular complexity index is 952. The lowest BCUT2D eigenvalue weighted by atomic mass is 9.98. The molecule has 5 atom stereocenters. The molecule has 4 rings (SSSR count). The molecule has 1 heterocycles. The van der Waals surface area contributed by atoms with Crippen molar-refractivity contribution < 1.29 is 28.8 Å².